The second-order valence-corrected chi connectivity index (χ2v) is 12.7. The average molecular weight is 598 g/mol. The molecule has 0 bridgehead atoms. The Labute approximate surface area is 247 Å². The van der Waals surface area contributed by atoms with Crippen LogP contribution >= 0.6 is 11.8 Å². The lowest BCUT2D eigenvalue weighted by Gasteiger charge is -2.49. The molecule has 0 saturated carbocycles. The van der Waals surface area contributed by atoms with E-state index in [9.17, 15) is 29.1 Å². The molecule has 3 atom stereocenters. The highest BCUT2D eigenvalue weighted by Crippen LogP contribution is 2.40. The van der Waals surface area contributed by atoms with Gasteiger partial charge in [0.25, 0.3) is 5.91 Å². The SMILES string of the molecule is CCCCCCCCCCCCC(NC(=O)OC(C)(C)C)C(=O)N[C@@H]1C(=O)N2C(C(=O)O)=C(COC(C)=O)CS[C@H]12. The van der Waals surface area contributed by atoms with E-state index in [2.05, 4.69) is 17.6 Å². The normalized spacial score (nSPS) is 19.1. The molecule has 1 unspecified atom stereocenters. The van der Waals surface area contributed by atoms with Crippen LogP contribution < -0.4 is 10.6 Å². The van der Waals surface area contributed by atoms with E-state index in [1.807, 2.05) is 0 Å². The van der Waals surface area contributed by atoms with Crippen molar-refractivity contribution in [2.75, 3.05) is 12.4 Å². The molecule has 2 aliphatic rings. The van der Waals surface area contributed by atoms with Crippen LogP contribution in [0.1, 0.15) is 105 Å². The van der Waals surface area contributed by atoms with Crippen LogP contribution in [0.4, 0.5) is 4.79 Å². The molecule has 0 aromatic heterocycles. The van der Waals surface area contributed by atoms with Crippen molar-refractivity contribution >= 4 is 41.6 Å². The number of carboxylic acids is 1. The van der Waals surface area contributed by atoms with Gasteiger partial charge in [-0.15, -0.1) is 11.8 Å². The summed E-state index contributed by atoms with van der Waals surface area (Å²) in [5.74, 6) is -2.71. The van der Waals surface area contributed by atoms with Crippen LogP contribution in [0.5, 0.6) is 0 Å². The summed E-state index contributed by atoms with van der Waals surface area (Å²) in [5.41, 5.74) is -0.647. The summed E-state index contributed by atoms with van der Waals surface area (Å²) in [6.07, 6.45) is 11.0. The van der Waals surface area contributed by atoms with Crippen molar-refractivity contribution in [1.82, 2.24) is 15.5 Å². The number of hydrogen-bond acceptors (Lipinski definition) is 8. The molecule has 2 rings (SSSR count). The molecule has 0 aromatic carbocycles. The topological polar surface area (TPSA) is 151 Å². The lowest BCUT2D eigenvalue weighted by molar-refractivity contribution is -0.151. The molecule has 2 heterocycles. The first-order chi connectivity index (χ1) is 19.4. The first-order valence-corrected chi connectivity index (χ1v) is 15.7. The molecule has 1 fully saturated rings. The molecular weight excluding hydrogens is 550 g/mol. The maximum Gasteiger partial charge on any atom is 0.408 e. The molecular formula is C29H47N3O8S. The summed E-state index contributed by atoms with van der Waals surface area (Å²) in [7, 11) is 0. The van der Waals surface area contributed by atoms with Crippen molar-refractivity contribution in [2.45, 2.75) is 128 Å². The summed E-state index contributed by atoms with van der Waals surface area (Å²) in [6, 6.07) is -1.84. The maximum absolute atomic E-state index is 13.3. The number of β-lactam (4-membered cyclic amide) rings is 1. The largest absolute Gasteiger partial charge is 0.477 e. The van der Waals surface area contributed by atoms with Gasteiger partial charge >= 0.3 is 18.0 Å². The Morgan fingerprint density at radius 3 is 2.15 bits per heavy atom. The zero-order valence-corrected chi connectivity index (χ0v) is 25.9. The van der Waals surface area contributed by atoms with Gasteiger partial charge in [-0.3, -0.25) is 19.3 Å². The number of fused-ring (bicyclic) bond motifs is 1. The molecule has 1 saturated heterocycles. The lowest BCUT2D eigenvalue weighted by atomic mass is 10.0. The lowest BCUT2D eigenvalue weighted by Crippen LogP contribution is -2.71. The Morgan fingerprint density at radius 1 is 1.02 bits per heavy atom. The van der Waals surface area contributed by atoms with Crippen molar-refractivity contribution in [2.24, 2.45) is 0 Å². The van der Waals surface area contributed by atoms with Gasteiger partial charge in [0.2, 0.25) is 5.91 Å². The van der Waals surface area contributed by atoms with E-state index < -0.39 is 52.9 Å². The number of nitrogens with zero attached hydrogens (tertiary/aromatic N) is 1. The predicted octanol–water partition coefficient (Wildman–Crippen LogP) is 4.49. The highest BCUT2D eigenvalue weighted by Gasteiger charge is 2.54. The molecule has 11 nitrogen and oxygen atoms in total. The molecule has 0 spiro atoms. The maximum atomic E-state index is 13.3. The molecule has 0 radical (unpaired) electrons. The Balaban J connectivity index is 1.96. The summed E-state index contributed by atoms with van der Waals surface area (Å²) >= 11 is 1.28. The second kappa shape index (κ2) is 16.6. The first-order valence-electron chi connectivity index (χ1n) is 14.7. The zero-order chi connectivity index (χ0) is 30.6. The van der Waals surface area contributed by atoms with Gasteiger partial charge in [-0.2, -0.15) is 0 Å². The Kier molecular flexibility index (Phi) is 14.0. The van der Waals surface area contributed by atoms with Gasteiger partial charge in [0.1, 0.15) is 35.4 Å². The number of esters is 1. The summed E-state index contributed by atoms with van der Waals surface area (Å²) < 4.78 is 10.3. The standard InChI is InChI=1S/C29H47N3O8S/c1-6-7-8-9-10-11-12-13-14-15-16-21(30-28(38)40-29(3,4)5)24(34)31-22-25(35)32-23(27(36)37)20(17-39-19(2)33)18-41-26(22)32/h21-22,26H,6-18H2,1-5H3,(H,30,38)(H,31,34)(H,36,37)/t21?,22-,26-/m1/s1. The number of carbonyl (C=O) groups excluding carboxylic acids is 4. The summed E-state index contributed by atoms with van der Waals surface area (Å²) in [6.45, 7) is 8.39. The molecule has 2 aliphatic heterocycles. The monoisotopic (exact) mass is 597 g/mol. The minimum Gasteiger partial charge on any atom is -0.477 e. The fourth-order valence-corrected chi connectivity index (χ4v) is 6.12. The van der Waals surface area contributed by atoms with Crippen LogP contribution in [0.25, 0.3) is 0 Å². The predicted molar refractivity (Wildman–Crippen MR) is 156 cm³/mol. The van der Waals surface area contributed by atoms with E-state index in [1.54, 1.807) is 20.8 Å². The van der Waals surface area contributed by atoms with Gasteiger partial charge < -0.3 is 25.2 Å². The van der Waals surface area contributed by atoms with Crippen molar-refractivity contribution in [3.05, 3.63) is 11.3 Å². The van der Waals surface area contributed by atoms with E-state index in [0.717, 1.165) is 30.6 Å². The number of thioether (sulfide) groups is 1. The highest BCUT2D eigenvalue weighted by molar-refractivity contribution is 8.00. The smallest absolute Gasteiger partial charge is 0.408 e. The first kappa shape index (κ1) is 34.4. The number of carbonyl (C=O) groups is 5. The number of ether oxygens (including phenoxy) is 2. The number of alkyl carbamates (subject to hydrolysis) is 1. The molecule has 3 N–H and O–H groups in total. The van der Waals surface area contributed by atoms with Crippen LogP contribution in [-0.4, -0.2) is 75.3 Å². The van der Waals surface area contributed by atoms with E-state index in [1.165, 1.54) is 57.2 Å². The van der Waals surface area contributed by atoms with E-state index in [4.69, 9.17) is 9.47 Å². The van der Waals surface area contributed by atoms with Crippen LogP contribution in [0.15, 0.2) is 11.3 Å². The van der Waals surface area contributed by atoms with Gasteiger partial charge in [0.15, 0.2) is 0 Å². The zero-order valence-electron chi connectivity index (χ0n) is 25.1. The van der Waals surface area contributed by atoms with Gasteiger partial charge in [-0.05, 0) is 27.2 Å². The molecule has 0 aromatic rings. The van der Waals surface area contributed by atoms with E-state index in [-0.39, 0.29) is 18.1 Å². The van der Waals surface area contributed by atoms with Crippen molar-refractivity contribution < 1.29 is 38.6 Å². The molecule has 232 valence electrons. The third kappa shape index (κ3) is 11.2. The third-order valence-electron chi connectivity index (χ3n) is 6.85. The van der Waals surface area contributed by atoms with Gasteiger partial charge in [-0.25, -0.2) is 9.59 Å². The summed E-state index contributed by atoms with van der Waals surface area (Å²) in [5, 5.41) is 14.5. The Morgan fingerprint density at radius 2 is 1.61 bits per heavy atom. The fourth-order valence-electron chi connectivity index (χ4n) is 4.79. The van der Waals surface area contributed by atoms with Gasteiger partial charge in [-0.1, -0.05) is 71.1 Å². The Bertz CT molecular complexity index is 978. The fraction of sp³-hybridized carbons (Fsp3) is 0.759. The van der Waals surface area contributed by atoms with Crippen molar-refractivity contribution in [3.8, 4) is 0 Å². The molecule has 0 aliphatic carbocycles. The minimum atomic E-state index is -1.30. The van der Waals surface area contributed by atoms with Crippen LogP contribution in [0.2, 0.25) is 0 Å². The number of unbranched alkanes of at least 4 members (excludes halogenated alkanes) is 9. The number of rotatable bonds is 17. The Hall–Kier alpha value is -2.76. The summed E-state index contributed by atoms with van der Waals surface area (Å²) in [4.78, 5) is 63.0. The quantitative estimate of drug-likeness (QED) is 0.125. The number of hydrogen-bond donors (Lipinski definition) is 3. The number of amides is 3. The van der Waals surface area contributed by atoms with E-state index in [0.29, 0.717) is 12.0 Å². The van der Waals surface area contributed by atoms with Gasteiger partial charge in [0.05, 0.1) is 0 Å². The number of nitrogens with one attached hydrogen (secondary N) is 2. The van der Waals surface area contributed by atoms with Crippen molar-refractivity contribution in [3.63, 3.8) is 0 Å². The van der Waals surface area contributed by atoms with Gasteiger partial charge in [0, 0.05) is 18.2 Å². The highest BCUT2D eigenvalue weighted by atomic mass is 32.2. The van der Waals surface area contributed by atoms with Crippen LogP contribution in [0.3, 0.4) is 0 Å². The molecule has 41 heavy (non-hydrogen) atoms. The minimum absolute atomic E-state index is 0.223. The van der Waals surface area contributed by atoms with Crippen LogP contribution in [-0.2, 0) is 28.7 Å². The van der Waals surface area contributed by atoms with Crippen molar-refractivity contribution in [1.29, 1.82) is 0 Å². The molecule has 3 amide bonds. The molecule has 12 heteroatoms. The third-order valence-corrected chi connectivity index (χ3v) is 8.19. The van der Waals surface area contributed by atoms with E-state index >= 15 is 0 Å². The van der Waals surface area contributed by atoms with Crippen LogP contribution in [0, 0.1) is 0 Å². The average Bonchev–Trinajstić information content (AvgIpc) is 2.88. The number of aliphatic carboxylic acids is 1. The number of carboxylic acid groups (broad SMARTS) is 1. The second-order valence-electron chi connectivity index (χ2n) is 11.6.